The van der Waals surface area contributed by atoms with E-state index in [4.69, 9.17) is 9.47 Å². The van der Waals surface area contributed by atoms with E-state index < -0.39 is 9.84 Å². The molecule has 1 fully saturated rings. The maximum atomic E-state index is 12.5. The van der Waals surface area contributed by atoms with Gasteiger partial charge < -0.3 is 14.4 Å². The van der Waals surface area contributed by atoms with Crippen molar-refractivity contribution in [3.8, 4) is 11.5 Å². The lowest BCUT2D eigenvalue weighted by Crippen LogP contribution is -2.28. The minimum atomic E-state index is -3.24. The van der Waals surface area contributed by atoms with E-state index in [1.54, 1.807) is 43.4 Å². The number of amides is 1. The van der Waals surface area contributed by atoms with Gasteiger partial charge in [0.05, 0.1) is 24.9 Å². The fourth-order valence-electron chi connectivity index (χ4n) is 2.95. The highest BCUT2D eigenvalue weighted by Crippen LogP contribution is 2.44. The smallest absolute Gasteiger partial charge is 0.234 e. The molecule has 2 aromatic rings. The van der Waals surface area contributed by atoms with E-state index in [0.29, 0.717) is 23.8 Å². The molecule has 0 N–H and O–H groups in total. The highest BCUT2D eigenvalue weighted by Gasteiger charge is 2.34. The molecule has 1 atom stereocenters. The molecular weight excluding hydrogens is 386 g/mol. The van der Waals surface area contributed by atoms with Crippen LogP contribution in [-0.2, 0) is 21.2 Å². The molecule has 8 heteroatoms. The third-order valence-electron chi connectivity index (χ3n) is 4.38. The number of hydrogen-bond donors (Lipinski definition) is 0. The summed E-state index contributed by atoms with van der Waals surface area (Å²) in [4.78, 5) is 14.5. The van der Waals surface area contributed by atoms with Crippen LogP contribution in [0.1, 0.15) is 16.5 Å². The molecule has 0 radical (unpaired) electrons. The zero-order valence-electron chi connectivity index (χ0n) is 15.3. The standard InChI is InChI=1S/C19H21NO5S2/c1-24-14-6-9-17(25-2)16(10-14)19-20(18(21)12-26-19)11-13-4-7-15(8-5-13)27(3,22)23/h4-10,19H,11-12H2,1-3H3. The van der Waals surface area contributed by atoms with Gasteiger partial charge in [0.1, 0.15) is 16.9 Å². The molecule has 1 amide bonds. The highest BCUT2D eigenvalue weighted by molar-refractivity contribution is 8.00. The number of ether oxygens (including phenoxy) is 2. The van der Waals surface area contributed by atoms with E-state index in [1.807, 2.05) is 18.2 Å². The van der Waals surface area contributed by atoms with Gasteiger partial charge >= 0.3 is 0 Å². The van der Waals surface area contributed by atoms with Crippen LogP contribution in [0.15, 0.2) is 47.4 Å². The van der Waals surface area contributed by atoms with E-state index in [9.17, 15) is 13.2 Å². The molecule has 0 spiro atoms. The minimum Gasteiger partial charge on any atom is -0.497 e. The van der Waals surface area contributed by atoms with Crippen LogP contribution in [0.25, 0.3) is 0 Å². The summed E-state index contributed by atoms with van der Waals surface area (Å²) in [5, 5.41) is -0.197. The first kappa shape index (κ1) is 19.6. The molecule has 27 heavy (non-hydrogen) atoms. The van der Waals surface area contributed by atoms with Crippen LogP contribution >= 0.6 is 11.8 Å². The average Bonchev–Trinajstić information content (AvgIpc) is 3.01. The van der Waals surface area contributed by atoms with Crippen molar-refractivity contribution < 1.29 is 22.7 Å². The topological polar surface area (TPSA) is 72.9 Å². The molecule has 2 aromatic carbocycles. The molecule has 0 aliphatic carbocycles. The molecule has 0 saturated carbocycles. The maximum absolute atomic E-state index is 12.5. The SMILES string of the molecule is COc1ccc(OC)c(C2SCC(=O)N2Cc2ccc(S(C)(=O)=O)cc2)c1. The number of hydrogen-bond acceptors (Lipinski definition) is 6. The van der Waals surface area contributed by atoms with Gasteiger partial charge in [-0.25, -0.2) is 8.42 Å². The summed E-state index contributed by atoms with van der Waals surface area (Å²) in [6, 6.07) is 12.2. The monoisotopic (exact) mass is 407 g/mol. The molecule has 3 rings (SSSR count). The van der Waals surface area contributed by atoms with Crippen molar-refractivity contribution in [1.82, 2.24) is 4.90 Å². The van der Waals surface area contributed by atoms with Crippen LogP contribution in [0, 0.1) is 0 Å². The van der Waals surface area contributed by atoms with Gasteiger partial charge in [-0.3, -0.25) is 4.79 Å². The Balaban J connectivity index is 1.89. The summed E-state index contributed by atoms with van der Waals surface area (Å²) in [6.07, 6.45) is 1.17. The van der Waals surface area contributed by atoms with Crippen LogP contribution < -0.4 is 9.47 Å². The Labute approximate surface area is 163 Å². The number of nitrogens with zero attached hydrogens (tertiary/aromatic N) is 1. The predicted octanol–water partition coefficient (Wildman–Crippen LogP) is 2.88. The first-order chi connectivity index (χ1) is 12.8. The molecule has 1 saturated heterocycles. The van der Waals surface area contributed by atoms with Gasteiger partial charge in [0.2, 0.25) is 5.91 Å². The molecular formula is C19H21NO5S2. The number of sulfone groups is 1. The Bertz CT molecular complexity index is 941. The Morgan fingerprint density at radius 3 is 2.41 bits per heavy atom. The van der Waals surface area contributed by atoms with Crippen molar-refractivity contribution >= 4 is 27.5 Å². The Kier molecular flexibility index (Phi) is 5.67. The summed E-state index contributed by atoms with van der Waals surface area (Å²) in [5.74, 6) is 1.80. The van der Waals surface area contributed by atoms with Gasteiger partial charge in [0.25, 0.3) is 0 Å². The van der Waals surface area contributed by atoms with Gasteiger partial charge in [-0.15, -0.1) is 11.8 Å². The van der Waals surface area contributed by atoms with Crippen molar-refractivity contribution in [2.75, 3.05) is 26.2 Å². The van der Waals surface area contributed by atoms with E-state index in [0.717, 1.165) is 11.1 Å². The number of benzene rings is 2. The largest absolute Gasteiger partial charge is 0.497 e. The van der Waals surface area contributed by atoms with Crippen molar-refractivity contribution in [1.29, 1.82) is 0 Å². The molecule has 1 heterocycles. The predicted molar refractivity (Wildman–Crippen MR) is 105 cm³/mol. The highest BCUT2D eigenvalue weighted by atomic mass is 32.2. The van der Waals surface area contributed by atoms with Gasteiger partial charge in [0.15, 0.2) is 9.84 Å². The van der Waals surface area contributed by atoms with Crippen LogP contribution in [0.4, 0.5) is 0 Å². The summed E-state index contributed by atoms with van der Waals surface area (Å²) in [5.41, 5.74) is 1.74. The number of thioether (sulfide) groups is 1. The Morgan fingerprint density at radius 2 is 1.81 bits per heavy atom. The number of rotatable bonds is 6. The van der Waals surface area contributed by atoms with E-state index in [-0.39, 0.29) is 16.2 Å². The van der Waals surface area contributed by atoms with E-state index in [1.165, 1.54) is 18.0 Å². The average molecular weight is 408 g/mol. The van der Waals surface area contributed by atoms with Crippen LogP contribution in [0.5, 0.6) is 11.5 Å². The Hall–Kier alpha value is -2.19. The number of carbonyl (C=O) groups excluding carboxylic acids is 1. The van der Waals surface area contributed by atoms with Crippen molar-refractivity contribution in [3.05, 3.63) is 53.6 Å². The molecule has 6 nitrogen and oxygen atoms in total. The first-order valence-electron chi connectivity index (χ1n) is 8.25. The van der Waals surface area contributed by atoms with Crippen molar-refractivity contribution in [3.63, 3.8) is 0 Å². The fraction of sp³-hybridized carbons (Fsp3) is 0.316. The summed E-state index contributed by atoms with van der Waals surface area (Å²) in [6.45, 7) is 0.390. The lowest BCUT2D eigenvalue weighted by Gasteiger charge is -2.26. The second-order valence-corrected chi connectivity index (χ2v) is 9.29. The van der Waals surface area contributed by atoms with Gasteiger partial charge in [-0.1, -0.05) is 12.1 Å². The first-order valence-corrected chi connectivity index (χ1v) is 11.2. The van der Waals surface area contributed by atoms with Gasteiger partial charge in [-0.05, 0) is 35.9 Å². The normalized spacial score (nSPS) is 17.2. The lowest BCUT2D eigenvalue weighted by atomic mass is 10.1. The zero-order chi connectivity index (χ0) is 19.6. The molecule has 0 aromatic heterocycles. The second-order valence-electron chi connectivity index (χ2n) is 6.21. The molecule has 1 aliphatic heterocycles. The van der Waals surface area contributed by atoms with Gasteiger partial charge in [-0.2, -0.15) is 0 Å². The number of methoxy groups -OCH3 is 2. The molecule has 0 bridgehead atoms. The summed E-state index contributed by atoms with van der Waals surface area (Å²) < 4.78 is 34.0. The second kappa shape index (κ2) is 7.82. The van der Waals surface area contributed by atoms with Crippen molar-refractivity contribution in [2.24, 2.45) is 0 Å². The minimum absolute atomic E-state index is 0.0297. The molecule has 1 unspecified atom stereocenters. The molecule has 144 valence electrons. The zero-order valence-corrected chi connectivity index (χ0v) is 17.0. The van der Waals surface area contributed by atoms with E-state index in [2.05, 4.69) is 0 Å². The maximum Gasteiger partial charge on any atom is 0.234 e. The van der Waals surface area contributed by atoms with Crippen molar-refractivity contribution in [2.45, 2.75) is 16.8 Å². The summed E-state index contributed by atoms with van der Waals surface area (Å²) >= 11 is 1.53. The number of carbonyl (C=O) groups is 1. The third-order valence-corrected chi connectivity index (χ3v) is 6.74. The van der Waals surface area contributed by atoms with Crippen LogP contribution in [0.2, 0.25) is 0 Å². The van der Waals surface area contributed by atoms with Crippen LogP contribution in [-0.4, -0.2) is 45.5 Å². The van der Waals surface area contributed by atoms with Gasteiger partial charge in [0, 0.05) is 18.4 Å². The summed E-state index contributed by atoms with van der Waals surface area (Å²) in [7, 11) is -0.0481. The third kappa shape index (κ3) is 4.22. The lowest BCUT2D eigenvalue weighted by molar-refractivity contribution is -0.128. The molecule has 1 aliphatic rings. The Morgan fingerprint density at radius 1 is 1.11 bits per heavy atom. The van der Waals surface area contributed by atoms with E-state index >= 15 is 0 Å². The fourth-order valence-corrected chi connectivity index (χ4v) is 4.79. The quantitative estimate of drug-likeness (QED) is 0.733. The van der Waals surface area contributed by atoms with Crippen LogP contribution in [0.3, 0.4) is 0 Å².